The fourth-order valence-electron chi connectivity index (χ4n) is 2.26. The van der Waals surface area contributed by atoms with Gasteiger partial charge in [-0.15, -0.1) is 0 Å². The minimum atomic E-state index is -1.11. The van der Waals surface area contributed by atoms with Crippen LogP contribution in [0.3, 0.4) is 0 Å². The lowest BCUT2D eigenvalue weighted by Gasteiger charge is -2.12. The SMILES string of the molecule is COc1cc(OC)cc(C(=O)N/N=C\c2cc(Br)c(OCC(=O)O)c(OC)c2)c1. The van der Waals surface area contributed by atoms with Crippen LogP contribution >= 0.6 is 15.9 Å². The van der Waals surface area contributed by atoms with Crippen molar-refractivity contribution in [1.29, 1.82) is 0 Å². The molecular weight excluding hydrogens is 448 g/mol. The molecule has 2 N–H and O–H groups in total. The van der Waals surface area contributed by atoms with Crippen molar-refractivity contribution >= 4 is 34.0 Å². The quantitative estimate of drug-likeness (QED) is 0.431. The Bertz CT molecular complexity index is 909. The Morgan fingerprint density at radius 1 is 1.07 bits per heavy atom. The highest BCUT2D eigenvalue weighted by Crippen LogP contribution is 2.36. The van der Waals surface area contributed by atoms with Gasteiger partial charge in [0.2, 0.25) is 0 Å². The molecule has 0 aliphatic rings. The number of amides is 1. The summed E-state index contributed by atoms with van der Waals surface area (Å²) in [4.78, 5) is 23.0. The number of nitrogens with one attached hydrogen (secondary N) is 1. The van der Waals surface area contributed by atoms with Crippen LogP contribution in [0.2, 0.25) is 0 Å². The van der Waals surface area contributed by atoms with Gasteiger partial charge < -0.3 is 24.1 Å². The molecule has 0 atom stereocenters. The molecule has 0 heterocycles. The van der Waals surface area contributed by atoms with E-state index in [-0.39, 0.29) is 5.75 Å². The number of ether oxygens (including phenoxy) is 4. The summed E-state index contributed by atoms with van der Waals surface area (Å²) in [6.45, 7) is -0.511. The van der Waals surface area contributed by atoms with Gasteiger partial charge in [-0.2, -0.15) is 5.10 Å². The molecule has 0 spiro atoms. The maximum absolute atomic E-state index is 12.3. The molecule has 10 heteroatoms. The number of carboxylic acids is 1. The fourth-order valence-corrected chi connectivity index (χ4v) is 2.83. The molecule has 0 radical (unpaired) electrons. The summed E-state index contributed by atoms with van der Waals surface area (Å²) in [6.07, 6.45) is 1.41. The second-order valence-electron chi connectivity index (χ2n) is 5.52. The van der Waals surface area contributed by atoms with Crippen LogP contribution in [0.15, 0.2) is 39.9 Å². The number of hydrazone groups is 1. The van der Waals surface area contributed by atoms with E-state index < -0.39 is 18.5 Å². The van der Waals surface area contributed by atoms with Gasteiger partial charge in [-0.25, -0.2) is 10.2 Å². The number of carboxylic acid groups (broad SMARTS) is 1. The molecule has 0 fully saturated rings. The molecule has 2 rings (SSSR count). The van der Waals surface area contributed by atoms with Gasteiger partial charge in [0.1, 0.15) is 11.5 Å². The van der Waals surface area contributed by atoms with Gasteiger partial charge in [-0.3, -0.25) is 4.79 Å². The van der Waals surface area contributed by atoms with E-state index in [0.717, 1.165) is 0 Å². The summed E-state index contributed by atoms with van der Waals surface area (Å²) in [5.74, 6) is -0.0499. The van der Waals surface area contributed by atoms with Crippen molar-refractivity contribution in [1.82, 2.24) is 5.43 Å². The van der Waals surface area contributed by atoms with Crippen molar-refractivity contribution in [2.24, 2.45) is 5.10 Å². The zero-order valence-corrected chi connectivity index (χ0v) is 17.5. The first-order valence-corrected chi connectivity index (χ1v) is 8.95. The molecule has 154 valence electrons. The highest BCUT2D eigenvalue weighted by molar-refractivity contribution is 9.10. The lowest BCUT2D eigenvalue weighted by atomic mass is 10.2. The summed E-state index contributed by atoms with van der Waals surface area (Å²) >= 11 is 3.30. The largest absolute Gasteiger partial charge is 0.497 e. The number of hydrogen-bond donors (Lipinski definition) is 2. The van der Waals surface area contributed by atoms with Crippen LogP contribution in [0.1, 0.15) is 15.9 Å². The van der Waals surface area contributed by atoms with Crippen LogP contribution in [0, 0.1) is 0 Å². The van der Waals surface area contributed by atoms with Crippen LogP contribution in [0.4, 0.5) is 0 Å². The highest BCUT2D eigenvalue weighted by Gasteiger charge is 2.13. The predicted octanol–water partition coefficient (Wildman–Crippen LogP) is 2.70. The van der Waals surface area contributed by atoms with Crippen LogP contribution in [0.25, 0.3) is 0 Å². The Kier molecular flexibility index (Phi) is 7.84. The number of carbonyl (C=O) groups excluding carboxylic acids is 1. The van der Waals surface area contributed by atoms with Gasteiger partial charge in [0.25, 0.3) is 5.91 Å². The molecular formula is C19H19BrN2O7. The van der Waals surface area contributed by atoms with Crippen LogP contribution < -0.4 is 24.4 Å². The van der Waals surface area contributed by atoms with Gasteiger partial charge in [0.15, 0.2) is 18.1 Å². The maximum atomic E-state index is 12.3. The van der Waals surface area contributed by atoms with Crippen molar-refractivity contribution in [3.63, 3.8) is 0 Å². The van der Waals surface area contributed by atoms with E-state index in [1.165, 1.54) is 27.5 Å². The van der Waals surface area contributed by atoms with Gasteiger partial charge in [-0.05, 0) is 45.8 Å². The third-order valence-electron chi connectivity index (χ3n) is 3.59. The molecule has 0 unspecified atom stereocenters. The molecule has 2 aromatic carbocycles. The number of rotatable bonds is 9. The summed E-state index contributed by atoms with van der Waals surface area (Å²) in [6, 6.07) is 8.00. The van der Waals surface area contributed by atoms with E-state index in [4.69, 9.17) is 24.1 Å². The molecule has 0 aliphatic heterocycles. The lowest BCUT2D eigenvalue weighted by Crippen LogP contribution is -2.17. The molecule has 0 aliphatic carbocycles. The minimum absolute atomic E-state index is 0.250. The molecule has 9 nitrogen and oxygen atoms in total. The van der Waals surface area contributed by atoms with Crippen LogP contribution in [-0.2, 0) is 4.79 Å². The van der Waals surface area contributed by atoms with E-state index in [2.05, 4.69) is 26.5 Å². The standard InChI is InChI=1S/C19H19BrN2O7/c1-26-13-6-12(7-14(8-13)27-2)19(25)22-21-9-11-4-15(20)18(16(5-11)28-3)29-10-17(23)24/h4-9H,10H2,1-3H3,(H,22,25)(H,23,24)/b21-9-. The summed E-state index contributed by atoms with van der Waals surface area (Å²) in [7, 11) is 4.40. The van der Waals surface area contributed by atoms with Crippen molar-refractivity contribution in [3.8, 4) is 23.0 Å². The number of benzene rings is 2. The second kappa shape index (κ2) is 10.3. The molecule has 0 aromatic heterocycles. The van der Waals surface area contributed by atoms with E-state index in [1.807, 2.05) is 0 Å². The lowest BCUT2D eigenvalue weighted by molar-refractivity contribution is -0.139. The third-order valence-corrected chi connectivity index (χ3v) is 4.17. The Morgan fingerprint density at radius 2 is 1.72 bits per heavy atom. The van der Waals surface area contributed by atoms with Gasteiger partial charge in [-0.1, -0.05) is 0 Å². The van der Waals surface area contributed by atoms with Crippen molar-refractivity contribution < 1.29 is 33.6 Å². The topological polar surface area (TPSA) is 116 Å². The normalized spacial score (nSPS) is 10.5. The molecule has 0 bridgehead atoms. The number of hydrogen-bond acceptors (Lipinski definition) is 7. The van der Waals surface area contributed by atoms with Gasteiger partial charge in [0.05, 0.1) is 32.0 Å². The zero-order valence-electron chi connectivity index (χ0n) is 15.9. The average molecular weight is 467 g/mol. The minimum Gasteiger partial charge on any atom is -0.497 e. The Hall–Kier alpha value is -3.27. The number of carbonyl (C=O) groups is 2. The first-order chi connectivity index (χ1) is 13.9. The molecule has 2 aromatic rings. The number of aliphatic carboxylic acids is 1. The average Bonchev–Trinajstić information content (AvgIpc) is 2.71. The first kappa shape index (κ1) is 22.0. The molecule has 0 saturated carbocycles. The monoisotopic (exact) mass is 466 g/mol. The van der Waals surface area contributed by atoms with Crippen molar-refractivity contribution in [3.05, 3.63) is 45.9 Å². The Morgan fingerprint density at radius 3 is 2.28 bits per heavy atom. The van der Waals surface area contributed by atoms with E-state index in [1.54, 1.807) is 30.3 Å². The molecule has 0 saturated heterocycles. The van der Waals surface area contributed by atoms with Gasteiger partial charge in [0, 0.05) is 11.6 Å². The number of halogens is 1. The third kappa shape index (κ3) is 6.11. The van der Waals surface area contributed by atoms with Gasteiger partial charge >= 0.3 is 5.97 Å². The predicted molar refractivity (Wildman–Crippen MR) is 108 cm³/mol. The summed E-state index contributed by atoms with van der Waals surface area (Å²) in [5.41, 5.74) is 3.31. The smallest absolute Gasteiger partial charge is 0.341 e. The van der Waals surface area contributed by atoms with Crippen molar-refractivity contribution in [2.75, 3.05) is 27.9 Å². The number of nitrogens with zero attached hydrogens (tertiary/aromatic N) is 1. The molecule has 1 amide bonds. The summed E-state index contributed by atoms with van der Waals surface area (Å²) in [5, 5.41) is 12.7. The van der Waals surface area contributed by atoms with E-state index >= 15 is 0 Å². The van der Waals surface area contributed by atoms with Crippen LogP contribution in [-0.4, -0.2) is 51.1 Å². The van der Waals surface area contributed by atoms with Crippen molar-refractivity contribution in [2.45, 2.75) is 0 Å². The number of methoxy groups -OCH3 is 3. The maximum Gasteiger partial charge on any atom is 0.341 e. The van der Waals surface area contributed by atoms with E-state index in [0.29, 0.717) is 32.8 Å². The van der Waals surface area contributed by atoms with E-state index in [9.17, 15) is 9.59 Å². The first-order valence-electron chi connectivity index (χ1n) is 8.16. The highest BCUT2D eigenvalue weighted by atomic mass is 79.9. The summed E-state index contributed by atoms with van der Waals surface area (Å²) < 4.78 is 21.2. The second-order valence-corrected chi connectivity index (χ2v) is 6.37. The zero-order chi connectivity index (χ0) is 21.4. The fraction of sp³-hybridized carbons (Fsp3) is 0.211. The van der Waals surface area contributed by atoms with Crippen LogP contribution in [0.5, 0.6) is 23.0 Å². The molecule has 29 heavy (non-hydrogen) atoms. The Balaban J connectivity index is 2.14. The Labute approximate surface area is 175 Å².